The summed E-state index contributed by atoms with van der Waals surface area (Å²) in [6.07, 6.45) is 3.05. The quantitative estimate of drug-likeness (QED) is 0.776. The van der Waals surface area contributed by atoms with Crippen molar-refractivity contribution in [3.8, 4) is 11.5 Å². The maximum absolute atomic E-state index is 13.1. The first kappa shape index (κ1) is 15.7. The molecule has 0 radical (unpaired) electrons. The molecule has 0 atom stereocenters. The number of carbonyl (C=O) groups is 1. The molecular formula is C16H12F2N4O2. The Bertz CT molecular complexity index is 832. The van der Waals surface area contributed by atoms with Crippen LogP contribution in [-0.2, 0) is 17.8 Å². The fourth-order valence-corrected chi connectivity index (χ4v) is 2.05. The minimum Gasteiger partial charge on any atom is -0.420 e. The number of rotatable bonds is 5. The molecule has 3 aromatic rings. The predicted molar refractivity (Wildman–Crippen MR) is 79.4 cm³/mol. The van der Waals surface area contributed by atoms with Gasteiger partial charge in [-0.05, 0) is 29.8 Å². The summed E-state index contributed by atoms with van der Waals surface area (Å²) < 4.78 is 31.5. The summed E-state index contributed by atoms with van der Waals surface area (Å²) in [6.45, 7) is -0.00113. The van der Waals surface area contributed by atoms with Gasteiger partial charge in [-0.25, -0.2) is 8.78 Å². The van der Waals surface area contributed by atoms with Crippen molar-refractivity contribution in [2.45, 2.75) is 13.0 Å². The number of carbonyl (C=O) groups excluding carboxylic acids is 1. The number of benzene rings is 1. The van der Waals surface area contributed by atoms with Crippen LogP contribution in [0.1, 0.15) is 11.5 Å². The lowest BCUT2D eigenvalue weighted by Crippen LogP contribution is -2.24. The van der Waals surface area contributed by atoms with Gasteiger partial charge in [0.15, 0.2) is 0 Å². The molecule has 0 saturated carbocycles. The van der Waals surface area contributed by atoms with Crippen molar-refractivity contribution in [3.05, 3.63) is 65.8 Å². The number of pyridine rings is 1. The molecule has 3 rings (SSSR count). The molecule has 1 amide bonds. The summed E-state index contributed by atoms with van der Waals surface area (Å²) in [5, 5.41) is 10.2. The second kappa shape index (κ2) is 6.95. The van der Waals surface area contributed by atoms with E-state index in [0.717, 1.165) is 18.2 Å². The van der Waals surface area contributed by atoms with E-state index >= 15 is 0 Å². The van der Waals surface area contributed by atoms with Gasteiger partial charge in [0, 0.05) is 30.6 Å². The summed E-state index contributed by atoms with van der Waals surface area (Å²) in [6, 6.07) is 6.48. The van der Waals surface area contributed by atoms with Crippen LogP contribution < -0.4 is 5.32 Å². The van der Waals surface area contributed by atoms with Gasteiger partial charge in [-0.2, -0.15) is 0 Å². The van der Waals surface area contributed by atoms with Crippen LogP contribution in [0.2, 0.25) is 0 Å². The molecular weight excluding hydrogens is 318 g/mol. The number of aromatic nitrogens is 3. The molecule has 0 spiro atoms. The second-order valence-corrected chi connectivity index (χ2v) is 4.97. The highest BCUT2D eigenvalue weighted by atomic mass is 19.1. The van der Waals surface area contributed by atoms with Crippen molar-refractivity contribution < 1.29 is 18.0 Å². The van der Waals surface area contributed by atoms with E-state index in [1.165, 1.54) is 0 Å². The minimum atomic E-state index is -0.696. The van der Waals surface area contributed by atoms with E-state index in [2.05, 4.69) is 20.5 Å². The van der Waals surface area contributed by atoms with Crippen molar-refractivity contribution in [1.82, 2.24) is 20.5 Å². The summed E-state index contributed by atoms with van der Waals surface area (Å²) in [4.78, 5) is 15.7. The number of amides is 1. The smallest absolute Gasteiger partial charge is 0.247 e. The standard InChI is InChI=1S/C16H12F2N4O2/c17-12-5-10(6-13(18)7-12)9-20-14(23)8-15-21-22-16(24-15)11-1-3-19-4-2-11/h1-7H,8-9H2,(H,20,23). The highest BCUT2D eigenvalue weighted by Crippen LogP contribution is 2.16. The molecule has 0 unspecified atom stereocenters. The molecule has 1 N–H and O–H groups in total. The Kier molecular flexibility index (Phi) is 4.55. The molecule has 0 aliphatic heterocycles. The monoisotopic (exact) mass is 330 g/mol. The van der Waals surface area contributed by atoms with Gasteiger partial charge in [-0.15, -0.1) is 10.2 Å². The number of hydrogen-bond acceptors (Lipinski definition) is 5. The molecule has 6 nitrogen and oxygen atoms in total. The number of halogens is 2. The van der Waals surface area contributed by atoms with E-state index in [-0.39, 0.29) is 24.7 Å². The van der Waals surface area contributed by atoms with Crippen molar-refractivity contribution >= 4 is 5.91 Å². The highest BCUT2D eigenvalue weighted by Gasteiger charge is 2.12. The fourth-order valence-electron chi connectivity index (χ4n) is 2.05. The zero-order valence-corrected chi connectivity index (χ0v) is 12.4. The topological polar surface area (TPSA) is 80.9 Å². The van der Waals surface area contributed by atoms with Crippen LogP contribution in [0.3, 0.4) is 0 Å². The van der Waals surface area contributed by atoms with E-state index in [4.69, 9.17) is 4.42 Å². The zero-order valence-electron chi connectivity index (χ0n) is 12.4. The van der Waals surface area contributed by atoms with Crippen molar-refractivity contribution in [2.24, 2.45) is 0 Å². The molecule has 2 heterocycles. The van der Waals surface area contributed by atoms with E-state index in [9.17, 15) is 13.6 Å². The second-order valence-electron chi connectivity index (χ2n) is 4.97. The molecule has 0 fully saturated rings. The Morgan fingerprint density at radius 2 is 1.79 bits per heavy atom. The van der Waals surface area contributed by atoms with Gasteiger partial charge >= 0.3 is 0 Å². The first-order chi connectivity index (χ1) is 11.6. The van der Waals surface area contributed by atoms with Gasteiger partial charge < -0.3 is 9.73 Å². The van der Waals surface area contributed by atoms with Crippen molar-refractivity contribution in [1.29, 1.82) is 0 Å². The summed E-state index contributed by atoms with van der Waals surface area (Å²) in [5.41, 5.74) is 1.02. The van der Waals surface area contributed by atoms with Crippen LogP contribution in [0.4, 0.5) is 8.78 Å². The Balaban J connectivity index is 1.58. The summed E-state index contributed by atoms with van der Waals surface area (Å²) in [5.74, 6) is -1.36. The molecule has 1 aromatic carbocycles. The van der Waals surface area contributed by atoms with Gasteiger partial charge in [0.25, 0.3) is 0 Å². The highest BCUT2D eigenvalue weighted by molar-refractivity contribution is 5.77. The third-order valence-corrected chi connectivity index (χ3v) is 3.12. The van der Waals surface area contributed by atoms with Crippen LogP contribution in [0.25, 0.3) is 11.5 Å². The van der Waals surface area contributed by atoms with Gasteiger partial charge in [0.2, 0.25) is 17.7 Å². The van der Waals surface area contributed by atoms with Crippen molar-refractivity contribution in [2.75, 3.05) is 0 Å². The Labute approximate surface area is 135 Å². The van der Waals surface area contributed by atoms with Crippen LogP contribution >= 0.6 is 0 Å². The van der Waals surface area contributed by atoms with E-state index < -0.39 is 17.5 Å². The first-order valence-electron chi connectivity index (χ1n) is 7.04. The molecule has 0 aliphatic carbocycles. The zero-order chi connectivity index (χ0) is 16.9. The molecule has 2 aromatic heterocycles. The van der Waals surface area contributed by atoms with Crippen LogP contribution in [0.15, 0.2) is 47.1 Å². The third-order valence-electron chi connectivity index (χ3n) is 3.12. The molecule has 0 aliphatic rings. The normalized spacial score (nSPS) is 10.6. The summed E-state index contributed by atoms with van der Waals surface area (Å²) >= 11 is 0. The summed E-state index contributed by atoms with van der Waals surface area (Å²) in [7, 11) is 0. The predicted octanol–water partition coefficient (Wildman–Crippen LogP) is 2.27. The maximum Gasteiger partial charge on any atom is 0.247 e. The van der Waals surface area contributed by atoms with Gasteiger partial charge in [-0.3, -0.25) is 9.78 Å². The van der Waals surface area contributed by atoms with E-state index in [0.29, 0.717) is 11.1 Å². The Morgan fingerprint density at radius 1 is 1.08 bits per heavy atom. The fraction of sp³-hybridized carbons (Fsp3) is 0.125. The minimum absolute atomic E-state index is 0.00113. The SMILES string of the molecule is O=C(Cc1nnc(-c2ccncc2)o1)NCc1cc(F)cc(F)c1. The van der Waals surface area contributed by atoms with Gasteiger partial charge in [0.1, 0.15) is 18.1 Å². The molecule has 8 heteroatoms. The van der Waals surface area contributed by atoms with Crippen LogP contribution in [-0.4, -0.2) is 21.1 Å². The Hall–Kier alpha value is -3.16. The lowest BCUT2D eigenvalue weighted by molar-refractivity contribution is -0.120. The third kappa shape index (κ3) is 3.97. The molecule has 0 bridgehead atoms. The van der Waals surface area contributed by atoms with E-state index in [1.807, 2.05) is 0 Å². The van der Waals surface area contributed by atoms with Gasteiger partial charge in [0.05, 0.1) is 0 Å². The molecule has 24 heavy (non-hydrogen) atoms. The Morgan fingerprint density at radius 3 is 2.50 bits per heavy atom. The lowest BCUT2D eigenvalue weighted by atomic mass is 10.2. The van der Waals surface area contributed by atoms with Crippen LogP contribution in [0.5, 0.6) is 0 Å². The number of hydrogen-bond donors (Lipinski definition) is 1. The van der Waals surface area contributed by atoms with E-state index in [1.54, 1.807) is 24.5 Å². The van der Waals surface area contributed by atoms with Gasteiger partial charge in [-0.1, -0.05) is 0 Å². The van der Waals surface area contributed by atoms with Crippen LogP contribution in [0, 0.1) is 11.6 Å². The largest absolute Gasteiger partial charge is 0.420 e. The first-order valence-corrected chi connectivity index (χ1v) is 7.04. The maximum atomic E-state index is 13.1. The molecule has 122 valence electrons. The lowest BCUT2D eigenvalue weighted by Gasteiger charge is -2.04. The average Bonchev–Trinajstić information content (AvgIpc) is 3.01. The number of nitrogens with one attached hydrogen (secondary N) is 1. The number of nitrogens with zero attached hydrogens (tertiary/aromatic N) is 3. The van der Waals surface area contributed by atoms with Crippen molar-refractivity contribution in [3.63, 3.8) is 0 Å². The molecule has 0 saturated heterocycles. The average molecular weight is 330 g/mol.